The van der Waals surface area contributed by atoms with Crippen molar-refractivity contribution in [3.63, 3.8) is 0 Å². The van der Waals surface area contributed by atoms with Gasteiger partial charge in [0.1, 0.15) is 28.9 Å². The average Bonchev–Trinajstić information content (AvgIpc) is 2.81. The first-order valence-corrected chi connectivity index (χ1v) is 11.1. The number of aliphatic hydroxyl groups excluding tert-OH is 1. The highest BCUT2D eigenvalue weighted by Gasteiger charge is 2.12. The summed E-state index contributed by atoms with van der Waals surface area (Å²) >= 11 is 7.80. The van der Waals surface area contributed by atoms with Gasteiger partial charge < -0.3 is 34.7 Å². The fourth-order valence-corrected chi connectivity index (χ4v) is 3.28. The third kappa shape index (κ3) is 6.00. The number of hydrogen-bond acceptors (Lipinski definition) is 10. The summed E-state index contributed by atoms with van der Waals surface area (Å²) in [6, 6.07) is 10.8. The summed E-state index contributed by atoms with van der Waals surface area (Å²) in [4.78, 5) is 8.77. The number of nitrogens with zero attached hydrogens (tertiary/aromatic N) is 2. The van der Waals surface area contributed by atoms with E-state index in [1.165, 1.54) is 18.1 Å². The lowest BCUT2D eigenvalue weighted by molar-refractivity contribution is 0.201. The molecule has 9 nitrogen and oxygen atoms in total. The highest BCUT2D eigenvalue weighted by molar-refractivity contribution is 7.99. The van der Waals surface area contributed by atoms with Crippen molar-refractivity contribution in [1.29, 1.82) is 0 Å². The van der Waals surface area contributed by atoms with E-state index in [-0.39, 0.29) is 13.2 Å². The molecule has 11 heteroatoms. The largest absolute Gasteiger partial charge is 0.497 e. The minimum absolute atomic E-state index is 0.0805. The topological polar surface area (TPSA) is 110 Å². The van der Waals surface area contributed by atoms with Gasteiger partial charge >= 0.3 is 0 Å². The van der Waals surface area contributed by atoms with Gasteiger partial charge in [-0.1, -0.05) is 23.5 Å². The molecule has 0 fully saturated rings. The van der Waals surface area contributed by atoms with E-state index in [0.29, 0.717) is 34.0 Å². The van der Waals surface area contributed by atoms with Gasteiger partial charge in [-0.2, -0.15) is 4.98 Å². The van der Waals surface area contributed by atoms with Gasteiger partial charge in [0.2, 0.25) is 5.95 Å². The van der Waals surface area contributed by atoms with E-state index in [1.54, 1.807) is 32.4 Å². The van der Waals surface area contributed by atoms with Crippen molar-refractivity contribution < 1.29 is 19.3 Å². The number of rotatable bonds is 11. The van der Waals surface area contributed by atoms with Crippen molar-refractivity contribution >= 4 is 52.4 Å². The Morgan fingerprint density at radius 3 is 2.50 bits per heavy atom. The minimum Gasteiger partial charge on any atom is -0.497 e. The lowest BCUT2D eigenvalue weighted by Gasteiger charge is -2.16. The van der Waals surface area contributed by atoms with Crippen LogP contribution in [0, 0.1) is 0 Å². The summed E-state index contributed by atoms with van der Waals surface area (Å²) < 4.78 is 19.4. The Balaban J connectivity index is 1.87. The summed E-state index contributed by atoms with van der Waals surface area (Å²) in [7, 11) is 3.18. The van der Waals surface area contributed by atoms with Gasteiger partial charge in [-0.15, -0.1) is 0 Å². The highest BCUT2D eigenvalue weighted by Crippen LogP contribution is 2.34. The number of hydrogen-bond donors (Lipinski definition) is 4. The van der Waals surface area contributed by atoms with Gasteiger partial charge in [-0.25, -0.2) is 4.98 Å². The van der Waals surface area contributed by atoms with Gasteiger partial charge in [0.25, 0.3) is 0 Å². The van der Waals surface area contributed by atoms with Crippen LogP contribution in [0.25, 0.3) is 0 Å². The fourth-order valence-electron chi connectivity index (χ4n) is 2.75. The minimum atomic E-state index is -0.0805. The average molecular weight is 478 g/mol. The summed E-state index contributed by atoms with van der Waals surface area (Å²) in [5.41, 5.74) is 2.19. The molecule has 0 saturated heterocycles. The monoisotopic (exact) mass is 477 g/mol. The zero-order valence-corrected chi connectivity index (χ0v) is 19.4. The molecule has 4 N–H and O–H groups in total. The summed E-state index contributed by atoms with van der Waals surface area (Å²) in [5, 5.41) is 15.7. The third-order valence-corrected chi connectivity index (χ3v) is 4.91. The second-order valence-electron chi connectivity index (χ2n) is 6.29. The molecule has 0 aliphatic heterocycles. The molecule has 0 aliphatic rings. The van der Waals surface area contributed by atoms with Crippen molar-refractivity contribution in [3.8, 4) is 17.2 Å². The van der Waals surface area contributed by atoms with Gasteiger partial charge in [0.05, 0.1) is 44.1 Å². The summed E-state index contributed by atoms with van der Waals surface area (Å²) in [6.07, 6.45) is 3.43. The van der Waals surface area contributed by atoms with Crippen LogP contribution in [0.4, 0.5) is 28.8 Å². The first-order valence-electron chi connectivity index (χ1n) is 9.53. The Kier molecular flexibility index (Phi) is 8.48. The van der Waals surface area contributed by atoms with Crippen LogP contribution in [0.3, 0.4) is 0 Å². The Bertz CT molecular complexity index is 1060. The molecule has 0 bridgehead atoms. The van der Waals surface area contributed by atoms with Crippen molar-refractivity contribution in [2.45, 2.75) is 0 Å². The van der Waals surface area contributed by atoms with Crippen molar-refractivity contribution in [2.75, 3.05) is 49.0 Å². The molecular weight excluding hydrogens is 454 g/mol. The molecule has 0 amide bonds. The second kappa shape index (κ2) is 11.5. The number of anilines is 5. The highest BCUT2D eigenvalue weighted by atomic mass is 35.5. The molecule has 0 saturated carbocycles. The molecule has 3 aromatic rings. The van der Waals surface area contributed by atoms with Crippen molar-refractivity contribution in [1.82, 2.24) is 9.97 Å². The molecule has 0 unspecified atom stereocenters. The number of halogens is 1. The zero-order chi connectivity index (χ0) is 22.9. The maximum absolute atomic E-state index is 8.98. The van der Waals surface area contributed by atoms with E-state index < -0.39 is 0 Å². The number of aliphatic hydroxyl groups is 1. The third-order valence-electron chi connectivity index (χ3n) is 4.21. The second-order valence-corrected chi connectivity index (χ2v) is 7.31. The van der Waals surface area contributed by atoms with E-state index in [4.69, 9.17) is 30.9 Å². The van der Waals surface area contributed by atoms with Gasteiger partial charge in [-0.05, 0) is 24.3 Å². The zero-order valence-electron chi connectivity index (χ0n) is 17.8. The molecule has 1 aromatic heterocycles. The van der Waals surface area contributed by atoms with Gasteiger partial charge in [-0.3, -0.25) is 0 Å². The van der Waals surface area contributed by atoms with Crippen LogP contribution >= 0.6 is 23.5 Å². The van der Waals surface area contributed by atoms with Gasteiger partial charge in [0.15, 0.2) is 5.82 Å². The molecule has 0 spiro atoms. The fraction of sp³-hybridized carbons (Fsp3) is 0.238. The molecular formula is C21H24ClN5O4S. The smallest absolute Gasteiger partial charge is 0.229 e. The Morgan fingerprint density at radius 2 is 1.78 bits per heavy atom. The van der Waals surface area contributed by atoms with Crippen LogP contribution in [0.15, 0.2) is 42.6 Å². The van der Waals surface area contributed by atoms with E-state index in [0.717, 1.165) is 17.1 Å². The molecule has 3 rings (SSSR count). The normalized spacial score (nSPS) is 10.4. The number of benzene rings is 2. The quantitative estimate of drug-likeness (QED) is 0.290. The van der Waals surface area contributed by atoms with Crippen LogP contribution in [0.5, 0.6) is 17.2 Å². The number of aromatic nitrogens is 2. The van der Waals surface area contributed by atoms with E-state index in [2.05, 4.69) is 25.3 Å². The SMILES string of the molecule is COc1ccc(Nc2nc(Nc3cc(OCCO)ccc3OC)ncc2Cl)c(NSC)c1. The Hall–Kier alpha value is -3.08. The van der Waals surface area contributed by atoms with E-state index in [1.807, 2.05) is 24.5 Å². The molecule has 0 aliphatic carbocycles. The predicted molar refractivity (Wildman–Crippen MR) is 129 cm³/mol. The molecule has 170 valence electrons. The predicted octanol–water partition coefficient (Wildman–Crippen LogP) is 4.70. The van der Waals surface area contributed by atoms with Crippen LogP contribution in [-0.4, -0.2) is 48.8 Å². The Labute approximate surface area is 195 Å². The molecule has 2 aromatic carbocycles. The van der Waals surface area contributed by atoms with Gasteiger partial charge in [0, 0.05) is 18.4 Å². The van der Waals surface area contributed by atoms with Crippen LogP contribution in [-0.2, 0) is 0 Å². The van der Waals surface area contributed by atoms with E-state index in [9.17, 15) is 0 Å². The maximum Gasteiger partial charge on any atom is 0.229 e. The summed E-state index contributed by atoms with van der Waals surface area (Å²) in [6.45, 7) is 0.106. The molecule has 1 heterocycles. The standard InChI is InChI=1S/C21H24ClN5O4S/c1-29-13-4-6-16(17(10-13)27-32-3)24-20-15(22)12-23-21(26-20)25-18-11-14(31-9-8-28)5-7-19(18)30-2/h4-7,10-12,27-28H,8-9H2,1-3H3,(H2,23,24,25,26). The van der Waals surface area contributed by atoms with Crippen LogP contribution < -0.4 is 29.6 Å². The lowest BCUT2D eigenvalue weighted by Crippen LogP contribution is -2.05. The van der Waals surface area contributed by atoms with Crippen LogP contribution in [0.1, 0.15) is 0 Å². The molecule has 0 atom stereocenters. The Morgan fingerprint density at radius 1 is 1.00 bits per heavy atom. The first kappa shape index (κ1) is 23.6. The van der Waals surface area contributed by atoms with Crippen molar-refractivity contribution in [2.24, 2.45) is 0 Å². The number of methoxy groups -OCH3 is 2. The maximum atomic E-state index is 8.98. The molecule has 32 heavy (non-hydrogen) atoms. The summed E-state index contributed by atoms with van der Waals surface area (Å²) in [5.74, 6) is 2.60. The van der Waals surface area contributed by atoms with Crippen molar-refractivity contribution in [3.05, 3.63) is 47.6 Å². The first-order chi connectivity index (χ1) is 15.6. The lowest BCUT2D eigenvalue weighted by atomic mass is 10.2. The van der Waals surface area contributed by atoms with Crippen LogP contribution in [0.2, 0.25) is 5.02 Å². The number of nitrogens with one attached hydrogen (secondary N) is 3. The number of ether oxygens (including phenoxy) is 3. The molecule has 0 radical (unpaired) electrons. The van der Waals surface area contributed by atoms with E-state index >= 15 is 0 Å².